The van der Waals surface area contributed by atoms with E-state index in [4.69, 9.17) is 0 Å². The number of nitrogens with zero attached hydrogens (tertiary/aromatic N) is 2. The lowest BCUT2D eigenvalue weighted by molar-refractivity contribution is -0.120. The molecule has 0 saturated heterocycles. The molecule has 0 spiro atoms. The van der Waals surface area contributed by atoms with Gasteiger partial charge in [0, 0.05) is 7.05 Å². The van der Waals surface area contributed by atoms with Crippen LogP contribution in [0, 0.1) is 0 Å². The van der Waals surface area contributed by atoms with Crippen molar-refractivity contribution in [2.24, 2.45) is 7.05 Å². The van der Waals surface area contributed by atoms with Gasteiger partial charge in [0.1, 0.15) is 0 Å². The molecule has 0 radical (unpaired) electrons. The van der Waals surface area contributed by atoms with Crippen molar-refractivity contribution >= 4 is 28.6 Å². The quantitative estimate of drug-likeness (QED) is 0.555. The monoisotopic (exact) mass is 367 g/mol. The topological polar surface area (TPSA) is 64.0 Å². The summed E-state index contributed by atoms with van der Waals surface area (Å²) in [6.45, 7) is 3.77. The van der Waals surface area contributed by atoms with E-state index in [-0.39, 0.29) is 22.8 Å². The summed E-state index contributed by atoms with van der Waals surface area (Å²) in [6.07, 6.45) is 0. The van der Waals surface area contributed by atoms with E-state index in [1.54, 1.807) is 13.1 Å². The third-order valence-corrected chi connectivity index (χ3v) is 5.40. The van der Waals surface area contributed by atoms with Gasteiger partial charge < -0.3 is 5.32 Å². The first-order valence-corrected chi connectivity index (χ1v) is 9.33. The van der Waals surface area contributed by atoms with Gasteiger partial charge in [-0.3, -0.25) is 14.2 Å². The van der Waals surface area contributed by atoms with Crippen LogP contribution in [0.25, 0.3) is 10.9 Å². The first-order chi connectivity index (χ1) is 12.5. The lowest BCUT2D eigenvalue weighted by Gasteiger charge is -2.18. The summed E-state index contributed by atoms with van der Waals surface area (Å²) in [7, 11) is 1.68. The Kier molecular flexibility index (Phi) is 5.42. The molecular weight excluding hydrogens is 346 g/mol. The number of benzene rings is 2. The van der Waals surface area contributed by atoms with E-state index in [1.165, 1.54) is 16.3 Å². The average Bonchev–Trinajstić information content (AvgIpc) is 2.66. The van der Waals surface area contributed by atoms with Crippen LogP contribution in [0.2, 0.25) is 0 Å². The van der Waals surface area contributed by atoms with Crippen LogP contribution in [0.5, 0.6) is 0 Å². The second-order valence-electron chi connectivity index (χ2n) is 6.18. The molecule has 3 aromatic rings. The first kappa shape index (κ1) is 18.2. The Labute approximate surface area is 156 Å². The molecule has 3 rings (SSSR count). The highest BCUT2D eigenvalue weighted by Gasteiger charge is 2.20. The second-order valence-corrected chi connectivity index (χ2v) is 7.48. The fourth-order valence-electron chi connectivity index (χ4n) is 2.67. The maximum atomic E-state index is 12.5. The number of hydrogen-bond acceptors (Lipinski definition) is 4. The highest BCUT2D eigenvalue weighted by molar-refractivity contribution is 8.00. The van der Waals surface area contributed by atoms with Crippen LogP contribution < -0.4 is 10.9 Å². The van der Waals surface area contributed by atoms with Crippen LogP contribution in [-0.2, 0) is 11.8 Å². The maximum Gasteiger partial charge on any atom is 0.261 e. The summed E-state index contributed by atoms with van der Waals surface area (Å²) < 4.78 is 1.50. The minimum atomic E-state index is -0.375. The zero-order valence-corrected chi connectivity index (χ0v) is 15.8. The summed E-state index contributed by atoms with van der Waals surface area (Å²) in [5.74, 6) is -0.0891. The van der Waals surface area contributed by atoms with Crippen molar-refractivity contribution in [2.45, 2.75) is 30.3 Å². The Morgan fingerprint density at radius 3 is 2.46 bits per heavy atom. The Bertz CT molecular complexity index is 985. The maximum absolute atomic E-state index is 12.5. The SMILES string of the molecule is CC(Sc1nc2ccccc2c(=O)n1C)C(=O)NC(C)c1ccccc1. The number of nitrogens with one attached hydrogen (secondary N) is 1. The molecule has 0 aliphatic heterocycles. The molecule has 134 valence electrons. The molecule has 0 fully saturated rings. The van der Waals surface area contributed by atoms with Crippen molar-refractivity contribution in [1.29, 1.82) is 0 Å². The minimum Gasteiger partial charge on any atom is -0.349 e. The summed E-state index contributed by atoms with van der Waals surface area (Å²) >= 11 is 1.28. The molecular formula is C20H21N3O2S. The summed E-state index contributed by atoms with van der Waals surface area (Å²) in [5.41, 5.74) is 1.58. The van der Waals surface area contributed by atoms with Crippen molar-refractivity contribution in [1.82, 2.24) is 14.9 Å². The van der Waals surface area contributed by atoms with Gasteiger partial charge in [-0.2, -0.15) is 0 Å². The van der Waals surface area contributed by atoms with Gasteiger partial charge in [-0.05, 0) is 31.5 Å². The minimum absolute atomic E-state index is 0.0832. The normalized spacial score (nSPS) is 13.3. The van der Waals surface area contributed by atoms with Gasteiger partial charge in [0.25, 0.3) is 5.56 Å². The number of aromatic nitrogens is 2. The van der Waals surface area contributed by atoms with E-state index < -0.39 is 0 Å². The molecule has 2 aromatic carbocycles. The van der Waals surface area contributed by atoms with Crippen LogP contribution in [0.1, 0.15) is 25.5 Å². The highest BCUT2D eigenvalue weighted by atomic mass is 32.2. The van der Waals surface area contributed by atoms with Gasteiger partial charge >= 0.3 is 0 Å². The molecule has 2 atom stereocenters. The van der Waals surface area contributed by atoms with Gasteiger partial charge in [0.2, 0.25) is 5.91 Å². The van der Waals surface area contributed by atoms with Crippen molar-refractivity contribution in [3.05, 3.63) is 70.5 Å². The Morgan fingerprint density at radius 1 is 1.08 bits per heavy atom. The van der Waals surface area contributed by atoms with E-state index in [0.717, 1.165) is 5.56 Å². The molecule has 0 bridgehead atoms. The lowest BCUT2D eigenvalue weighted by atomic mass is 10.1. The highest BCUT2D eigenvalue weighted by Crippen LogP contribution is 2.23. The van der Waals surface area contributed by atoms with Crippen LogP contribution in [0.4, 0.5) is 0 Å². The molecule has 1 N–H and O–H groups in total. The third kappa shape index (κ3) is 3.80. The first-order valence-electron chi connectivity index (χ1n) is 8.45. The molecule has 0 aliphatic rings. The molecule has 1 aromatic heterocycles. The summed E-state index contributed by atoms with van der Waals surface area (Å²) in [4.78, 5) is 29.6. The zero-order chi connectivity index (χ0) is 18.7. The smallest absolute Gasteiger partial charge is 0.261 e. The molecule has 1 heterocycles. The third-order valence-electron chi connectivity index (χ3n) is 4.25. The molecule has 5 nitrogen and oxygen atoms in total. The molecule has 26 heavy (non-hydrogen) atoms. The number of para-hydroxylation sites is 1. The predicted molar refractivity (Wildman–Crippen MR) is 105 cm³/mol. The van der Waals surface area contributed by atoms with Crippen molar-refractivity contribution in [3.8, 4) is 0 Å². The number of hydrogen-bond donors (Lipinski definition) is 1. The number of rotatable bonds is 5. The largest absolute Gasteiger partial charge is 0.349 e. The van der Waals surface area contributed by atoms with Gasteiger partial charge in [0.05, 0.1) is 22.2 Å². The fourth-order valence-corrected chi connectivity index (χ4v) is 3.55. The summed E-state index contributed by atoms with van der Waals surface area (Å²) in [5, 5.41) is 3.75. The Morgan fingerprint density at radius 2 is 1.73 bits per heavy atom. The molecule has 1 amide bonds. The molecule has 6 heteroatoms. The van der Waals surface area contributed by atoms with E-state index >= 15 is 0 Å². The predicted octanol–water partition coefficient (Wildman–Crippen LogP) is 3.29. The fraction of sp³-hybridized carbons (Fsp3) is 0.250. The van der Waals surface area contributed by atoms with E-state index in [1.807, 2.05) is 62.4 Å². The Hall–Kier alpha value is -2.60. The molecule has 0 saturated carbocycles. The van der Waals surface area contributed by atoms with Crippen molar-refractivity contribution in [3.63, 3.8) is 0 Å². The number of carbonyl (C=O) groups is 1. The van der Waals surface area contributed by atoms with E-state index in [9.17, 15) is 9.59 Å². The van der Waals surface area contributed by atoms with Gasteiger partial charge in [-0.25, -0.2) is 4.98 Å². The standard InChI is InChI=1S/C20H21N3O2S/c1-13(15-9-5-4-6-10-15)21-18(24)14(2)26-20-22-17-12-8-7-11-16(17)19(25)23(20)3/h4-14H,1-3H3,(H,21,24). The summed E-state index contributed by atoms with van der Waals surface area (Å²) in [6, 6.07) is 17.0. The van der Waals surface area contributed by atoms with Crippen LogP contribution in [0.3, 0.4) is 0 Å². The van der Waals surface area contributed by atoms with Crippen LogP contribution in [0.15, 0.2) is 64.5 Å². The second kappa shape index (κ2) is 7.74. The van der Waals surface area contributed by atoms with Gasteiger partial charge in [0.15, 0.2) is 5.16 Å². The lowest BCUT2D eigenvalue weighted by Crippen LogP contribution is -2.33. The van der Waals surface area contributed by atoms with Crippen LogP contribution in [-0.4, -0.2) is 20.7 Å². The zero-order valence-electron chi connectivity index (χ0n) is 15.0. The van der Waals surface area contributed by atoms with Gasteiger partial charge in [-0.1, -0.05) is 54.2 Å². The number of thioether (sulfide) groups is 1. The molecule has 2 unspecified atom stereocenters. The van der Waals surface area contributed by atoms with Crippen molar-refractivity contribution < 1.29 is 4.79 Å². The van der Waals surface area contributed by atoms with Gasteiger partial charge in [-0.15, -0.1) is 0 Å². The van der Waals surface area contributed by atoms with Crippen molar-refractivity contribution in [2.75, 3.05) is 0 Å². The number of fused-ring (bicyclic) bond motifs is 1. The van der Waals surface area contributed by atoms with Crippen LogP contribution >= 0.6 is 11.8 Å². The van der Waals surface area contributed by atoms with E-state index in [2.05, 4.69) is 10.3 Å². The number of carbonyl (C=O) groups excluding carboxylic acids is 1. The molecule has 0 aliphatic carbocycles. The average molecular weight is 367 g/mol. The number of amides is 1. The van der Waals surface area contributed by atoms with E-state index in [0.29, 0.717) is 16.1 Å². The Balaban J connectivity index is 1.76.